The molecule has 3 N–H and O–H groups in total. The summed E-state index contributed by atoms with van der Waals surface area (Å²) in [7, 11) is 0. The molecule has 0 spiro atoms. The third-order valence-electron chi connectivity index (χ3n) is 2.94. The molecular weight excluding hydrogens is 212 g/mol. The lowest BCUT2D eigenvalue weighted by Crippen LogP contribution is -2.29. The van der Waals surface area contributed by atoms with Gasteiger partial charge in [-0.15, -0.1) is 0 Å². The van der Waals surface area contributed by atoms with Gasteiger partial charge in [-0.2, -0.15) is 0 Å². The minimum atomic E-state index is 0.0202. The number of furan rings is 1. The molecule has 1 heterocycles. The minimum Gasteiger partial charge on any atom is -0.467 e. The van der Waals surface area contributed by atoms with Crippen molar-refractivity contribution in [1.82, 2.24) is 5.43 Å². The molecule has 1 unspecified atom stereocenters. The first-order chi connectivity index (χ1) is 8.20. The molecule has 0 aliphatic heterocycles. The van der Waals surface area contributed by atoms with E-state index in [1.807, 2.05) is 13.0 Å². The van der Waals surface area contributed by atoms with Gasteiger partial charge in [0.15, 0.2) is 0 Å². The molecule has 1 aromatic carbocycles. The van der Waals surface area contributed by atoms with Crippen LogP contribution < -0.4 is 11.3 Å². The highest BCUT2D eigenvalue weighted by molar-refractivity contribution is 5.26. The second-order valence-corrected chi connectivity index (χ2v) is 4.38. The minimum absolute atomic E-state index is 0.0202. The third-order valence-corrected chi connectivity index (χ3v) is 2.94. The average Bonchev–Trinajstić information content (AvgIpc) is 2.72. The predicted molar refractivity (Wildman–Crippen MR) is 68.4 cm³/mol. The lowest BCUT2D eigenvalue weighted by Gasteiger charge is -2.14. The molecule has 0 amide bonds. The van der Waals surface area contributed by atoms with Gasteiger partial charge in [0.2, 0.25) is 0 Å². The molecule has 2 rings (SSSR count). The first kappa shape index (κ1) is 11.9. The van der Waals surface area contributed by atoms with Crippen LogP contribution in [-0.4, -0.2) is 0 Å². The fraction of sp³-hybridized carbons (Fsp3) is 0.286. The van der Waals surface area contributed by atoms with Crippen molar-refractivity contribution in [2.45, 2.75) is 26.3 Å². The van der Waals surface area contributed by atoms with Crippen LogP contribution in [-0.2, 0) is 6.42 Å². The highest BCUT2D eigenvalue weighted by Gasteiger charge is 2.16. The Kier molecular flexibility index (Phi) is 3.61. The summed E-state index contributed by atoms with van der Waals surface area (Å²) in [4.78, 5) is 0. The van der Waals surface area contributed by atoms with Crippen molar-refractivity contribution in [1.29, 1.82) is 0 Å². The normalized spacial score (nSPS) is 12.6. The summed E-state index contributed by atoms with van der Waals surface area (Å²) in [6, 6.07) is 10.4. The molecule has 0 aliphatic carbocycles. The maximum absolute atomic E-state index is 5.61. The molecule has 0 saturated heterocycles. The van der Waals surface area contributed by atoms with Crippen LogP contribution >= 0.6 is 0 Å². The quantitative estimate of drug-likeness (QED) is 0.627. The van der Waals surface area contributed by atoms with Gasteiger partial charge in [0, 0.05) is 0 Å². The first-order valence-electron chi connectivity index (χ1n) is 5.76. The Hall–Kier alpha value is -1.58. The molecule has 0 saturated carbocycles. The molecule has 3 nitrogen and oxygen atoms in total. The van der Waals surface area contributed by atoms with Gasteiger partial charge in [-0.1, -0.05) is 29.8 Å². The van der Waals surface area contributed by atoms with E-state index in [0.29, 0.717) is 0 Å². The molecule has 0 radical (unpaired) electrons. The van der Waals surface area contributed by atoms with E-state index in [1.165, 1.54) is 11.1 Å². The number of benzene rings is 1. The van der Waals surface area contributed by atoms with Crippen LogP contribution in [0.15, 0.2) is 41.0 Å². The number of hydrogen-bond acceptors (Lipinski definition) is 3. The van der Waals surface area contributed by atoms with Crippen molar-refractivity contribution in [2.24, 2.45) is 5.84 Å². The SMILES string of the molecule is Cc1cccc(CC(NN)c2occc2C)c1. The van der Waals surface area contributed by atoms with Gasteiger partial charge in [0.05, 0.1) is 12.3 Å². The number of rotatable bonds is 4. The molecule has 1 atom stereocenters. The maximum Gasteiger partial charge on any atom is 0.125 e. The summed E-state index contributed by atoms with van der Waals surface area (Å²) in [5, 5.41) is 0. The van der Waals surface area contributed by atoms with Crippen molar-refractivity contribution >= 4 is 0 Å². The summed E-state index contributed by atoms with van der Waals surface area (Å²) in [5.74, 6) is 6.52. The van der Waals surface area contributed by atoms with Crippen LogP contribution in [0, 0.1) is 13.8 Å². The molecule has 0 aliphatic rings. The largest absolute Gasteiger partial charge is 0.467 e. The third kappa shape index (κ3) is 2.75. The summed E-state index contributed by atoms with van der Waals surface area (Å²) >= 11 is 0. The molecule has 0 fully saturated rings. The molecular formula is C14H18N2O. The smallest absolute Gasteiger partial charge is 0.125 e. The Morgan fingerprint density at radius 2 is 2.12 bits per heavy atom. The topological polar surface area (TPSA) is 51.2 Å². The highest BCUT2D eigenvalue weighted by Crippen LogP contribution is 2.22. The van der Waals surface area contributed by atoms with Crippen LogP contribution in [0.4, 0.5) is 0 Å². The van der Waals surface area contributed by atoms with E-state index in [-0.39, 0.29) is 6.04 Å². The van der Waals surface area contributed by atoms with E-state index in [0.717, 1.165) is 17.7 Å². The van der Waals surface area contributed by atoms with Crippen molar-refractivity contribution in [3.8, 4) is 0 Å². The van der Waals surface area contributed by atoms with E-state index in [4.69, 9.17) is 10.3 Å². The number of hydrogen-bond donors (Lipinski definition) is 2. The molecule has 0 bridgehead atoms. The van der Waals surface area contributed by atoms with Crippen LogP contribution in [0.3, 0.4) is 0 Å². The van der Waals surface area contributed by atoms with E-state index in [1.54, 1.807) is 6.26 Å². The van der Waals surface area contributed by atoms with Gasteiger partial charge in [-0.25, -0.2) is 5.43 Å². The second kappa shape index (κ2) is 5.17. The van der Waals surface area contributed by atoms with Gasteiger partial charge in [0.1, 0.15) is 5.76 Å². The number of aryl methyl sites for hydroxylation is 2. The number of nitrogens with two attached hydrogens (primary N) is 1. The van der Waals surface area contributed by atoms with E-state index in [9.17, 15) is 0 Å². The average molecular weight is 230 g/mol. The molecule has 3 heteroatoms. The van der Waals surface area contributed by atoms with Crippen LogP contribution in [0.1, 0.15) is 28.5 Å². The van der Waals surface area contributed by atoms with Crippen LogP contribution in [0.25, 0.3) is 0 Å². The van der Waals surface area contributed by atoms with Crippen LogP contribution in [0.5, 0.6) is 0 Å². The summed E-state index contributed by atoms with van der Waals surface area (Å²) in [6.45, 7) is 4.12. The van der Waals surface area contributed by atoms with Crippen molar-refractivity contribution in [3.63, 3.8) is 0 Å². The number of hydrazine groups is 1. The number of nitrogens with one attached hydrogen (secondary N) is 1. The van der Waals surface area contributed by atoms with Crippen molar-refractivity contribution in [2.75, 3.05) is 0 Å². The van der Waals surface area contributed by atoms with Gasteiger partial charge in [-0.3, -0.25) is 5.84 Å². The Balaban J connectivity index is 2.19. The molecule has 2 aromatic rings. The van der Waals surface area contributed by atoms with Gasteiger partial charge < -0.3 is 4.42 Å². The second-order valence-electron chi connectivity index (χ2n) is 4.38. The lowest BCUT2D eigenvalue weighted by molar-refractivity contribution is 0.413. The monoisotopic (exact) mass is 230 g/mol. The Bertz CT molecular complexity index is 490. The standard InChI is InChI=1S/C14H18N2O/c1-10-4-3-5-12(8-10)9-13(16-15)14-11(2)6-7-17-14/h3-8,13,16H,9,15H2,1-2H3. The Morgan fingerprint density at radius 1 is 1.29 bits per heavy atom. The van der Waals surface area contributed by atoms with Crippen LogP contribution in [0.2, 0.25) is 0 Å². The zero-order valence-electron chi connectivity index (χ0n) is 10.2. The molecule has 90 valence electrons. The summed E-state index contributed by atoms with van der Waals surface area (Å²) < 4.78 is 5.48. The predicted octanol–water partition coefficient (Wildman–Crippen LogP) is 2.64. The lowest BCUT2D eigenvalue weighted by atomic mass is 10.0. The summed E-state index contributed by atoms with van der Waals surface area (Å²) in [6.07, 6.45) is 2.53. The van der Waals surface area contributed by atoms with E-state index >= 15 is 0 Å². The van der Waals surface area contributed by atoms with Gasteiger partial charge in [0.25, 0.3) is 0 Å². The first-order valence-corrected chi connectivity index (χ1v) is 5.76. The van der Waals surface area contributed by atoms with Gasteiger partial charge >= 0.3 is 0 Å². The van der Waals surface area contributed by atoms with Gasteiger partial charge in [-0.05, 0) is 37.5 Å². The Morgan fingerprint density at radius 3 is 2.71 bits per heavy atom. The zero-order valence-corrected chi connectivity index (χ0v) is 10.2. The fourth-order valence-electron chi connectivity index (χ4n) is 2.04. The van der Waals surface area contributed by atoms with E-state index < -0.39 is 0 Å². The summed E-state index contributed by atoms with van der Waals surface area (Å²) in [5.41, 5.74) is 6.46. The van der Waals surface area contributed by atoms with Crippen molar-refractivity contribution < 1.29 is 4.42 Å². The van der Waals surface area contributed by atoms with Crippen molar-refractivity contribution in [3.05, 3.63) is 59.0 Å². The zero-order chi connectivity index (χ0) is 12.3. The molecule has 17 heavy (non-hydrogen) atoms. The maximum atomic E-state index is 5.61. The fourth-order valence-corrected chi connectivity index (χ4v) is 2.04. The highest BCUT2D eigenvalue weighted by atomic mass is 16.3. The molecule has 1 aromatic heterocycles. The van der Waals surface area contributed by atoms with E-state index in [2.05, 4.69) is 36.6 Å². The Labute approximate surface area is 102 Å².